The summed E-state index contributed by atoms with van der Waals surface area (Å²) < 4.78 is 54.7. The molecule has 0 saturated heterocycles. The standard InChI is InChI=1S/C24H17F4NO5/c25-18-5-1-12(9-16(18)21(32)33)15-11-14(3-4-17(15)24(26,27)28)29-22(34)23(7-8-23)13-2-6-19(30)20(31)10-13/h1-6,9-11,30-31H,7-8H2,(H,29,34)(H,32,33). The van der Waals surface area contributed by atoms with Crippen molar-refractivity contribution < 1.29 is 42.5 Å². The third-order valence-electron chi connectivity index (χ3n) is 5.80. The molecule has 1 aliphatic carbocycles. The van der Waals surface area contributed by atoms with Crippen LogP contribution in [0.5, 0.6) is 11.5 Å². The van der Waals surface area contributed by atoms with Crippen LogP contribution in [0.15, 0.2) is 54.6 Å². The monoisotopic (exact) mass is 475 g/mol. The van der Waals surface area contributed by atoms with Crippen LogP contribution < -0.4 is 5.32 Å². The summed E-state index contributed by atoms with van der Waals surface area (Å²) in [5.41, 5.74) is -3.05. The first-order valence-corrected chi connectivity index (χ1v) is 10.0. The molecule has 6 nitrogen and oxygen atoms in total. The molecule has 0 atom stereocenters. The van der Waals surface area contributed by atoms with Crippen molar-refractivity contribution in [2.75, 3.05) is 5.32 Å². The first kappa shape index (κ1) is 23.1. The van der Waals surface area contributed by atoms with Gasteiger partial charge in [-0.25, -0.2) is 9.18 Å². The van der Waals surface area contributed by atoms with Gasteiger partial charge >= 0.3 is 12.1 Å². The largest absolute Gasteiger partial charge is 0.504 e. The Hall–Kier alpha value is -4.08. The Morgan fingerprint density at radius 1 is 0.912 bits per heavy atom. The maximum Gasteiger partial charge on any atom is 0.417 e. The molecule has 10 heteroatoms. The van der Waals surface area contributed by atoms with Gasteiger partial charge in [-0.05, 0) is 72.0 Å². The van der Waals surface area contributed by atoms with Gasteiger partial charge in [0.1, 0.15) is 5.82 Å². The topological polar surface area (TPSA) is 107 Å². The molecule has 1 saturated carbocycles. The lowest BCUT2D eigenvalue weighted by molar-refractivity contribution is -0.137. The number of carbonyl (C=O) groups is 2. The number of hydrogen-bond acceptors (Lipinski definition) is 4. The number of amides is 1. The quantitative estimate of drug-likeness (QED) is 0.296. The summed E-state index contributed by atoms with van der Waals surface area (Å²) in [6, 6.07) is 9.43. The van der Waals surface area contributed by atoms with Crippen molar-refractivity contribution in [3.05, 3.63) is 77.1 Å². The molecule has 3 aromatic rings. The van der Waals surface area contributed by atoms with E-state index in [1.54, 1.807) is 0 Å². The summed E-state index contributed by atoms with van der Waals surface area (Å²) in [4.78, 5) is 24.3. The van der Waals surface area contributed by atoms with Crippen molar-refractivity contribution in [3.63, 3.8) is 0 Å². The van der Waals surface area contributed by atoms with E-state index in [1.165, 1.54) is 18.2 Å². The summed E-state index contributed by atoms with van der Waals surface area (Å²) in [6.07, 6.45) is -3.94. The van der Waals surface area contributed by atoms with Crippen molar-refractivity contribution in [1.29, 1.82) is 0 Å². The van der Waals surface area contributed by atoms with E-state index in [9.17, 15) is 37.4 Å². The van der Waals surface area contributed by atoms with Crippen molar-refractivity contribution in [2.45, 2.75) is 24.4 Å². The van der Waals surface area contributed by atoms with E-state index in [0.29, 0.717) is 18.4 Å². The maximum absolute atomic E-state index is 13.8. The van der Waals surface area contributed by atoms with Crippen LogP contribution in [-0.4, -0.2) is 27.2 Å². The number of aromatic carboxylic acids is 1. The van der Waals surface area contributed by atoms with Gasteiger partial charge in [-0.2, -0.15) is 13.2 Å². The smallest absolute Gasteiger partial charge is 0.417 e. The molecule has 0 unspecified atom stereocenters. The highest BCUT2D eigenvalue weighted by atomic mass is 19.4. The highest BCUT2D eigenvalue weighted by Gasteiger charge is 2.51. The molecular weight excluding hydrogens is 458 g/mol. The van der Waals surface area contributed by atoms with Crippen LogP contribution in [0.3, 0.4) is 0 Å². The van der Waals surface area contributed by atoms with Crippen molar-refractivity contribution in [1.82, 2.24) is 0 Å². The van der Waals surface area contributed by atoms with Gasteiger partial charge in [0.15, 0.2) is 11.5 Å². The lowest BCUT2D eigenvalue weighted by Crippen LogP contribution is -2.27. The number of alkyl halides is 3. The molecule has 3 aromatic carbocycles. The first-order valence-electron chi connectivity index (χ1n) is 10.0. The number of hydrogen-bond donors (Lipinski definition) is 4. The number of anilines is 1. The van der Waals surface area contributed by atoms with E-state index in [1.807, 2.05) is 0 Å². The van der Waals surface area contributed by atoms with Crippen LogP contribution in [0, 0.1) is 5.82 Å². The predicted octanol–water partition coefficient (Wildman–Crippen LogP) is 5.29. The van der Waals surface area contributed by atoms with Crippen LogP contribution in [0.1, 0.15) is 34.3 Å². The highest BCUT2D eigenvalue weighted by molar-refractivity contribution is 6.02. The lowest BCUT2D eigenvalue weighted by Gasteiger charge is -2.19. The van der Waals surface area contributed by atoms with Crippen molar-refractivity contribution in [3.8, 4) is 22.6 Å². The van der Waals surface area contributed by atoms with Gasteiger partial charge in [-0.3, -0.25) is 4.79 Å². The van der Waals surface area contributed by atoms with E-state index in [0.717, 1.165) is 36.4 Å². The number of carboxylic acids is 1. The molecule has 4 rings (SSSR count). The number of rotatable bonds is 5. The summed E-state index contributed by atoms with van der Waals surface area (Å²) >= 11 is 0. The summed E-state index contributed by atoms with van der Waals surface area (Å²) in [5.74, 6) is -4.01. The van der Waals surface area contributed by atoms with Gasteiger partial charge in [-0.1, -0.05) is 12.1 Å². The maximum atomic E-state index is 13.8. The van der Waals surface area contributed by atoms with Crippen LogP contribution in [0.25, 0.3) is 11.1 Å². The lowest BCUT2D eigenvalue weighted by atomic mass is 9.93. The van der Waals surface area contributed by atoms with E-state index < -0.39 is 51.7 Å². The molecule has 34 heavy (non-hydrogen) atoms. The zero-order valence-electron chi connectivity index (χ0n) is 17.3. The van der Waals surface area contributed by atoms with Crippen LogP contribution in [0.2, 0.25) is 0 Å². The SMILES string of the molecule is O=C(O)c1cc(-c2cc(NC(=O)C3(c4ccc(O)c(O)c4)CC3)ccc2C(F)(F)F)ccc1F. The van der Waals surface area contributed by atoms with Gasteiger partial charge in [0.2, 0.25) is 5.91 Å². The molecule has 0 aromatic heterocycles. The summed E-state index contributed by atoms with van der Waals surface area (Å²) in [5, 5.41) is 31.0. The number of carbonyl (C=O) groups excluding carboxylic acids is 1. The third-order valence-corrected chi connectivity index (χ3v) is 5.80. The second-order valence-corrected chi connectivity index (χ2v) is 8.00. The van der Waals surface area contributed by atoms with E-state index >= 15 is 0 Å². The second-order valence-electron chi connectivity index (χ2n) is 8.00. The molecule has 1 aliphatic rings. The number of phenols is 2. The molecular formula is C24H17F4NO5. The van der Waals surface area contributed by atoms with Crippen molar-refractivity contribution in [2.24, 2.45) is 0 Å². The molecule has 0 bridgehead atoms. The van der Waals surface area contributed by atoms with Gasteiger partial charge in [0.05, 0.1) is 16.5 Å². The van der Waals surface area contributed by atoms with Crippen LogP contribution in [0.4, 0.5) is 23.2 Å². The Morgan fingerprint density at radius 2 is 1.62 bits per heavy atom. The van der Waals surface area contributed by atoms with Gasteiger partial charge < -0.3 is 20.6 Å². The normalized spacial score (nSPS) is 14.5. The summed E-state index contributed by atoms with van der Waals surface area (Å²) in [7, 11) is 0. The Kier molecular flexibility index (Phi) is 5.47. The number of aromatic hydroxyl groups is 2. The summed E-state index contributed by atoms with van der Waals surface area (Å²) in [6.45, 7) is 0. The highest BCUT2D eigenvalue weighted by Crippen LogP contribution is 2.50. The van der Waals surface area contributed by atoms with Gasteiger partial charge in [-0.15, -0.1) is 0 Å². The number of nitrogens with one attached hydrogen (secondary N) is 1. The average molecular weight is 475 g/mol. The Labute approximate surface area is 190 Å². The molecule has 0 heterocycles. The van der Waals surface area contributed by atoms with E-state index in [4.69, 9.17) is 5.11 Å². The predicted molar refractivity (Wildman–Crippen MR) is 113 cm³/mol. The zero-order valence-corrected chi connectivity index (χ0v) is 17.3. The fourth-order valence-corrected chi connectivity index (χ4v) is 3.81. The molecule has 1 amide bonds. The molecule has 176 valence electrons. The minimum absolute atomic E-state index is 0.0171. The fraction of sp³-hybridized carbons (Fsp3) is 0.167. The number of carboxylic acid groups (broad SMARTS) is 1. The third kappa shape index (κ3) is 4.14. The number of phenolic OH excluding ortho intramolecular Hbond substituents is 2. The van der Waals surface area contributed by atoms with Gasteiger partial charge in [0, 0.05) is 5.69 Å². The van der Waals surface area contributed by atoms with Crippen LogP contribution in [-0.2, 0) is 16.4 Å². The number of halogens is 4. The number of benzene rings is 3. The van der Waals surface area contributed by atoms with Crippen molar-refractivity contribution >= 4 is 17.6 Å². The zero-order chi connectivity index (χ0) is 24.8. The second kappa shape index (κ2) is 8.05. The molecule has 4 N–H and O–H groups in total. The first-order chi connectivity index (χ1) is 15.9. The van der Waals surface area contributed by atoms with E-state index in [-0.39, 0.29) is 17.0 Å². The Bertz CT molecular complexity index is 1320. The molecule has 1 fully saturated rings. The van der Waals surface area contributed by atoms with Crippen LogP contribution >= 0.6 is 0 Å². The Morgan fingerprint density at radius 3 is 2.21 bits per heavy atom. The Balaban J connectivity index is 1.72. The average Bonchev–Trinajstić information content (AvgIpc) is 3.57. The fourth-order valence-electron chi connectivity index (χ4n) is 3.81. The van der Waals surface area contributed by atoms with E-state index in [2.05, 4.69) is 5.32 Å². The molecule has 0 spiro atoms. The molecule has 0 radical (unpaired) electrons. The van der Waals surface area contributed by atoms with Gasteiger partial charge in [0.25, 0.3) is 0 Å². The minimum Gasteiger partial charge on any atom is -0.504 e. The minimum atomic E-state index is -4.79. The molecule has 0 aliphatic heterocycles.